The molecule has 33 heavy (non-hydrogen) atoms. The number of nitrogens with zero attached hydrogens (tertiary/aromatic N) is 2. The highest BCUT2D eigenvalue weighted by Gasteiger charge is 2.45. The molecule has 8 heteroatoms. The molecule has 4 aromatic rings. The SMILES string of the molecule is C=CCOc1cccc([C@@H]2c3c(oc4cc(C)c(Cl)cc4c3=O)C(=O)N2c2cc(C)on2)c1. The fraction of sp³-hybridized carbons (Fsp3) is 0.160. The Hall–Kier alpha value is -3.84. The van der Waals surface area contributed by atoms with Crippen LogP contribution in [0.15, 0.2) is 68.9 Å². The monoisotopic (exact) mass is 462 g/mol. The zero-order valence-corrected chi connectivity index (χ0v) is 18.7. The minimum atomic E-state index is -0.787. The molecule has 1 aliphatic rings. The van der Waals surface area contributed by atoms with Gasteiger partial charge in [-0.15, -0.1) is 0 Å². The Labute approximate surface area is 193 Å². The van der Waals surface area contributed by atoms with Gasteiger partial charge in [-0.05, 0) is 49.2 Å². The van der Waals surface area contributed by atoms with E-state index in [0.29, 0.717) is 39.7 Å². The molecule has 7 nitrogen and oxygen atoms in total. The number of benzene rings is 2. The minimum absolute atomic E-state index is 0.0303. The van der Waals surface area contributed by atoms with Crippen LogP contribution in [0.1, 0.15) is 39.0 Å². The van der Waals surface area contributed by atoms with Gasteiger partial charge in [0.2, 0.25) is 5.76 Å². The molecule has 0 saturated carbocycles. The average Bonchev–Trinajstić information content (AvgIpc) is 3.35. The van der Waals surface area contributed by atoms with Crippen molar-refractivity contribution in [2.75, 3.05) is 11.5 Å². The quantitative estimate of drug-likeness (QED) is 0.371. The topological polar surface area (TPSA) is 85.8 Å². The first-order valence-corrected chi connectivity index (χ1v) is 10.6. The predicted octanol–water partition coefficient (Wildman–Crippen LogP) is 5.37. The molecular weight excluding hydrogens is 444 g/mol. The van der Waals surface area contributed by atoms with Gasteiger partial charge >= 0.3 is 0 Å². The second kappa shape index (κ2) is 7.94. The number of hydrogen-bond donors (Lipinski definition) is 0. The van der Waals surface area contributed by atoms with Crippen LogP contribution in [0, 0.1) is 13.8 Å². The second-order valence-corrected chi connectivity index (χ2v) is 8.22. The third kappa shape index (κ3) is 3.41. The Morgan fingerprint density at radius 1 is 1.21 bits per heavy atom. The molecule has 0 radical (unpaired) electrons. The van der Waals surface area contributed by atoms with Gasteiger partial charge in [0.05, 0.1) is 17.0 Å². The maximum Gasteiger partial charge on any atom is 0.296 e. The number of carbonyl (C=O) groups excluding carboxylic acids is 1. The molecule has 166 valence electrons. The largest absolute Gasteiger partial charge is 0.490 e. The van der Waals surface area contributed by atoms with E-state index in [4.69, 9.17) is 25.3 Å². The molecule has 0 aliphatic carbocycles. The zero-order valence-electron chi connectivity index (χ0n) is 17.9. The van der Waals surface area contributed by atoms with Crippen LogP contribution in [0.5, 0.6) is 5.75 Å². The number of rotatable bonds is 5. The van der Waals surface area contributed by atoms with E-state index < -0.39 is 11.9 Å². The van der Waals surface area contributed by atoms with Crippen molar-refractivity contribution < 1.29 is 18.5 Å². The van der Waals surface area contributed by atoms with E-state index in [2.05, 4.69) is 11.7 Å². The van der Waals surface area contributed by atoms with E-state index in [1.54, 1.807) is 56.3 Å². The number of ether oxygens (including phenoxy) is 1. The number of amides is 1. The van der Waals surface area contributed by atoms with Crippen LogP contribution in [0.3, 0.4) is 0 Å². The van der Waals surface area contributed by atoms with Gasteiger partial charge in [0.1, 0.15) is 23.7 Å². The van der Waals surface area contributed by atoms with Gasteiger partial charge in [-0.25, -0.2) is 0 Å². The predicted molar refractivity (Wildman–Crippen MR) is 124 cm³/mol. The van der Waals surface area contributed by atoms with Gasteiger partial charge in [-0.3, -0.25) is 14.5 Å². The van der Waals surface area contributed by atoms with Crippen molar-refractivity contribution in [3.05, 3.63) is 98.6 Å². The summed E-state index contributed by atoms with van der Waals surface area (Å²) in [5.41, 5.74) is 1.59. The van der Waals surface area contributed by atoms with E-state index in [0.717, 1.165) is 5.56 Å². The van der Waals surface area contributed by atoms with E-state index in [1.807, 2.05) is 6.07 Å². The maximum atomic E-state index is 13.7. The average molecular weight is 463 g/mol. The number of fused-ring (bicyclic) bond motifs is 2. The van der Waals surface area contributed by atoms with Crippen LogP contribution in [0.25, 0.3) is 11.0 Å². The number of halogens is 1. The summed E-state index contributed by atoms with van der Waals surface area (Å²) in [6.45, 7) is 7.51. The number of aryl methyl sites for hydroxylation is 2. The Morgan fingerprint density at radius 3 is 2.76 bits per heavy atom. The van der Waals surface area contributed by atoms with E-state index in [-0.39, 0.29) is 22.6 Å². The normalized spacial score (nSPS) is 15.2. The summed E-state index contributed by atoms with van der Waals surface area (Å²) < 4.78 is 16.9. The molecule has 0 unspecified atom stereocenters. The molecule has 0 spiro atoms. The Morgan fingerprint density at radius 2 is 2.03 bits per heavy atom. The van der Waals surface area contributed by atoms with Crippen LogP contribution >= 0.6 is 11.6 Å². The lowest BCUT2D eigenvalue weighted by molar-refractivity contribution is 0.0969. The molecule has 0 saturated heterocycles. The number of carbonyl (C=O) groups is 1. The van der Waals surface area contributed by atoms with Gasteiger partial charge in [0.25, 0.3) is 5.91 Å². The van der Waals surface area contributed by atoms with Crippen molar-refractivity contribution in [2.45, 2.75) is 19.9 Å². The smallest absolute Gasteiger partial charge is 0.296 e. The van der Waals surface area contributed by atoms with Crippen LogP contribution in [0.4, 0.5) is 5.82 Å². The third-order valence-electron chi connectivity index (χ3n) is 5.56. The van der Waals surface area contributed by atoms with Gasteiger partial charge in [0, 0.05) is 11.1 Å². The lowest BCUT2D eigenvalue weighted by Crippen LogP contribution is -2.29. The van der Waals surface area contributed by atoms with Crippen LogP contribution in [-0.2, 0) is 0 Å². The third-order valence-corrected chi connectivity index (χ3v) is 5.96. The van der Waals surface area contributed by atoms with Gasteiger partial charge in [-0.1, -0.05) is 41.5 Å². The number of anilines is 1. The standard InChI is InChI=1S/C25H19ClN2O5/c1-4-8-31-16-7-5-6-15(11-16)22-21-23(29)17-12-18(26)13(2)9-19(17)32-24(21)25(30)28(22)20-10-14(3)33-27-20/h4-7,9-12,22H,1,8H2,2-3H3/t22-/m1/s1. The van der Waals surface area contributed by atoms with Gasteiger partial charge in [-0.2, -0.15) is 0 Å². The summed E-state index contributed by atoms with van der Waals surface area (Å²) in [7, 11) is 0. The maximum absolute atomic E-state index is 13.7. The summed E-state index contributed by atoms with van der Waals surface area (Å²) in [5.74, 6) is 0.879. The molecule has 3 heterocycles. The van der Waals surface area contributed by atoms with Crippen molar-refractivity contribution in [3.63, 3.8) is 0 Å². The fourth-order valence-electron chi connectivity index (χ4n) is 4.04. The first kappa shape index (κ1) is 21.0. The first-order chi connectivity index (χ1) is 15.9. The lowest BCUT2D eigenvalue weighted by atomic mass is 9.98. The molecule has 1 amide bonds. The van der Waals surface area contributed by atoms with Crippen LogP contribution in [0.2, 0.25) is 5.02 Å². The minimum Gasteiger partial charge on any atom is -0.490 e. The Kier molecular flexibility index (Phi) is 5.06. The molecule has 0 bridgehead atoms. The van der Waals surface area contributed by atoms with Crippen molar-refractivity contribution >= 4 is 34.3 Å². The van der Waals surface area contributed by atoms with Gasteiger partial charge < -0.3 is 13.7 Å². The van der Waals surface area contributed by atoms with Crippen LogP contribution < -0.4 is 15.1 Å². The molecule has 2 aromatic carbocycles. The highest BCUT2D eigenvalue weighted by Crippen LogP contribution is 2.42. The molecule has 0 fully saturated rings. The Bertz CT molecular complexity index is 1490. The van der Waals surface area contributed by atoms with Crippen molar-refractivity contribution in [2.24, 2.45) is 0 Å². The van der Waals surface area contributed by atoms with Gasteiger partial charge in [0.15, 0.2) is 11.2 Å². The zero-order chi connectivity index (χ0) is 23.3. The van der Waals surface area contributed by atoms with E-state index in [9.17, 15) is 9.59 Å². The Balaban J connectivity index is 1.77. The summed E-state index contributed by atoms with van der Waals surface area (Å²) in [6, 6.07) is 11.3. The number of hydrogen-bond acceptors (Lipinski definition) is 6. The highest BCUT2D eigenvalue weighted by atomic mass is 35.5. The first-order valence-electron chi connectivity index (χ1n) is 10.3. The molecule has 0 N–H and O–H groups in total. The number of aromatic nitrogens is 1. The van der Waals surface area contributed by atoms with E-state index in [1.165, 1.54) is 4.90 Å². The summed E-state index contributed by atoms with van der Waals surface area (Å²) >= 11 is 6.28. The summed E-state index contributed by atoms with van der Waals surface area (Å²) in [4.78, 5) is 28.6. The highest BCUT2D eigenvalue weighted by molar-refractivity contribution is 6.32. The summed E-state index contributed by atoms with van der Waals surface area (Å²) in [5, 5.41) is 4.78. The summed E-state index contributed by atoms with van der Waals surface area (Å²) in [6.07, 6.45) is 1.64. The van der Waals surface area contributed by atoms with E-state index >= 15 is 0 Å². The molecule has 1 atom stereocenters. The van der Waals surface area contributed by atoms with Crippen molar-refractivity contribution in [1.82, 2.24) is 5.16 Å². The van der Waals surface area contributed by atoms with Crippen molar-refractivity contribution in [3.8, 4) is 5.75 Å². The van der Waals surface area contributed by atoms with Crippen LogP contribution in [-0.4, -0.2) is 17.7 Å². The second-order valence-electron chi connectivity index (χ2n) is 7.82. The lowest BCUT2D eigenvalue weighted by Gasteiger charge is -2.22. The molecule has 5 rings (SSSR count). The molecule has 1 aliphatic heterocycles. The fourth-order valence-corrected chi connectivity index (χ4v) is 4.21. The molecular formula is C25H19ClN2O5. The van der Waals surface area contributed by atoms with Crippen molar-refractivity contribution in [1.29, 1.82) is 0 Å². The molecule has 2 aromatic heterocycles.